The molecule has 0 aromatic heterocycles. The summed E-state index contributed by atoms with van der Waals surface area (Å²) in [4.78, 5) is 30.9. The monoisotopic (exact) mass is 1030 g/mol. The van der Waals surface area contributed by atoms with Gasteiger partial charge >= 0.3 is 5.97 Å². The van der Waals surface area contributed by atoms with E-state index in [0.717, 1.165) is 38.5 Å². The first kappa shape index (κ1) is 53.5. The fourth-order valence-corrected chi connectivity index (χ4v) is 9.91. The van der Waals surface area contributed by atoms with Crippen molar-refractivity contribution in [3.8, 4) is 0 Å². The summed E-state index contributed by atoms with van der Waals surface area (Å²) in [5, 5.41) is 0. The van der Waals surface area contributed by atoms with Crippen molar-refractivity contribution in [3.05, 3.63) is 47.6 Å². The Hall–Kier alpha value is -0.680. The van der Waals surface area contributed by atoms with Crippen LogP contribution in [0.5, 0.6) is 0 Å². The Morgan fingerprint density at radius 2 is 1.50 bits per heavy atom. The van der Waals surface area contributed by atoms with E-state index in [4.69, 9.17) is 9.47 Å². The summed E-state index contributed by atoms with van der Waals surface area (Å²) in [6.45, 7) is 39.2. The molecule has 14 unspecified atom stereocenters. The van der Waals surface area contributed by atoms with Gasteiger partial charge in [0.05, 0.1) is 17.6 Å². The highest BCUT2D eigenvalue weighted by molar-refractivity contribution is 15.0. The molecule has 58 heavy (non-hydrogen) atoms. The zero-order chi connectivity index (χ0) is 44.3. The van der Waals surface area contributed by atoms with Gasteiger partial charge in [-0.2, -0.15) is 0 Å². The Balaban J connectivity index is 0.00000571. The zero-order valence-corrected chi connectivity index (χ0v) is 44.4. The lowest BCUT2D eigenvalue weighted by Crippen LogP contribution is -2.59. The molecule has 14 atom stereocenters. The molecule has 0 aromatic rings. The first-order valence-electron chi connectivity index (χ1n) is 23.0. The highest BCUT2D eigenvalue weighted by atomic mass is 128. The number of ether oxygens (including phenoxy) is 2. The molecule has 2 bridgehead atoms. The first-order chi connectivity index (χ1) is 27.0. The Morgan fingerprint density at radius 3 is 2.12 bits per heavy atom. The molecule has 0 aromatic carbocycles. The highest BCUT2D eigenvalue weighted by Gasteiger charge is 2.53. The van der Waals surface area contributed by atoms with Crippen LogP contribution < -0.4 is 0 Å². The third kappa shape index (κ3) is 13.7. The second-order valence-corrected chi connectivity index (χ2v) is 20.7. The smallest absolute Gasteiger partial charge is 0.332 e. The lowest BCUT2D eigenvalue weighted by Gasteiger charge is -2.49. The van der Waals surface area contributed by atoms with E-state index in [9.17, 15) is 9.59 Å². The quantitative estimate of drug-likeness (QED) is 0.157. The number of hydrogen-bond acceptors (Lipinski definition) is 4. The Bertz CT molecular complexity index is 1430. The number of halogens is 2. The molecular formula is C51H87I2NO4. The second-order valence-electron chi connectivity index (χ2n) is 20.7. The van der Waals surface area contributed by atoms with Gasteiger partial charge in [-0.1, -0.05) is 144 Å². The van der Waals surface area contributed by atoms with E-state index in [-0.39, 0.29) is 41.3 Å². The molecule has 0 spiro atoms. The number of carbonyl (C=O) groups excluding carboxylic acids is 2. The van der Waals surface area contributed by atoms with E-state index in [2.05, 4.69) is 178 Å². The third-order valence-electron chi connectivity index (χ3n) is 16.3. The molecule has 334 valence electrons. The summed E-state index contributed by atoms with van der Waals surface area (Å²) >= 11 is 4.24. The van der Waals surface area contributed by atoms with Crippen molar-refractivity contribution in [2.24, 2.45) is 64.6 Å². The largest absolute Gasteiger partial charge is 0.460 e. The number of allylic oxidation sites excluding steroid dienone is 8. The minimum Gasteiger partial charge on any atom is -0.460 e. The van der Waals surface area contributed by atoms with Crippen LogP contribution in [0.15, 0.2) is 47.6 Å². The summed E-state index contributed by atoms with van der Waals surface area (Å²) in [5.41, 5.74) is 1.10. The minimum absolute atomic E-state index is 0.0125. The normalized spacial score (nSPS) is 42.6. The topological polar surface area (TPSA) is 55.8 Å². The Labute approximate surface area is 381 Å². The van der Waals surface area contributed by atoms with Crippen molar-refractivity contribution in [3.63, 3.8) is 0 Å². The Kier molecular flexibility index (Phi) is 21.8. The molecule has 5 nitrogen and oxygen atoms in total. The van der Waals surface area contributed by atoms with E-state index in [0.29, 0.717) is 54.4 Å². The predicted octanol–water partition coefficient (Wildman–Crippen LogP) is 15.0. The SMILES string of the molecule is CCC(C)C1CC(C)C(C)/C=C(\C)C(C)C(C)C(C)C(C)CC(C)/C=C/C=C/C=C(\C)C(C)(C)CC2CCC(C)C(C)(O2)C(C)C(=O)N2CCCC2(C)C(=O)O1.II. The maximum atomic E-state index is 14.7. The summed E-state index contributed by atoms with van der Waals surface area (Å²) in [5.74, 6) is 3.28. The first-order valence-corrected chi connectivity index (χ1v) is 29.3. The van der Waals surface area contributed by atoms with Gasteiger partial charge in [0.1, 0.15) is 11.6 Å². The summed E-state index contributed by atoms with van der Waals surface area (Å²) in [7, 11) is 0. The molecule has 0 saturated carbocycles. The van der Waals surface area contributed by atoms with Crippen LogP contribution in [0.3, 0.4) is 0 Å². The van der Waals surface area contributed by atoms with Crippen molar-refractivity contribution in [1.29, 1.82) is 0 Å². The number of hydrogen-bond donors (Lipinski definition) is 0. The van der Waals surface area contributed by atoms with Crippen LogP contribution >= 0.6 is 37.2 Å². The van der Waals surface area contributed by atoms with E-state index in [1.54, 1.807) is 0 Å². The third-order valence-corrected chi connectivity index (χ3v) is 16.3. The van der Waals surface area contributed by atoms with E-state index in [1.165, 1.54) is 17.6 Å². The molecule has 0 N–H and O–H groups in total. The molecule has 1 amide bonds. The van der Waals surface area contributed by atoms with E-state index < -0.39 is 17.1 Å². The lowest BCUT2D eigenvalue weighted by molar-refractivity contribution is -0.194. The standard InChI is InChI=1S/C51H87NO4.I2/c1-18-34(3)46-31-36(5)35(4)30-38(7)42(11)43(12)41(10)37(6)29-33(2)23-20-19-21-24-39(8)49(14,15)32-45-26-25-40(9)51(17,56-45)44(13)47(53)52-28-22-27-50(52,16)48(54)55-46;1-2/h19-21,23-24,30,33-37,40-46H,18,22,25-29,31-32H2,1-17H3;/b21-19+,23-20+,38-30+,39-24+;. The van der Waals surface area contributed by atoms with Gasteiger partial charge in [0.25, 0.3) is 0 Å². The van der Waals surface area contributed by atoms with Crippen LogP contribution in [-0.4, -0.2) is 46.7 Å². The average Bonchev–Trinajstić information content (AvgIpc) is 3.59. The molecule has 3 aliphatic heterocycles. The predicted molar refractivity (Wildman–Crippen MR) is 265 cm³/mol. The molecule has 2 fully saturated rings. The molecule has 0 aliphatic carbocycles. The number of fused-ring (bicyclic) bond motifs is 3. The van der Waals surface area contributed by atoms with Crippen LogP contribution in [0.2, 0.25) is 0 Å². The Morgan fingerprint density at radius 1 is 0.862 bits per heavy atom. The highest BCUT2D eigenvalue weighted by Crippen LogP contribution is 2.46. The number of esters is 1. The van der Waals surface area contributed by atoms with Crippen molar-refractivity contribution < 1.29 is 19.1 Å². The van der Waals surface area contributed by atoms with Gasteiger partial charge in [-0.3, -0.25) is 4.79 Å². The van der Waals surface area contributed by atoms with E-state index in [1.807, 2.05) is 18.7 Å². The van der Waals surface area contributed by atoms with Crippen LogP contribution in [0, 0.1) is 64.6 Å². The van der Waals surface area contributed by atoms with Crippen LogP contribution in [0.25, 0.3) is 0 Å². The maximum Gasteiger partial charge on any atom is 0.332 e. The number of carbonyl (C=O) groups is 2. The fourth-order valence-electron chi connectivity index (χ4n) is 9.91. The van der Waals surface area contributed by atoms with Gasteiger partial charge < -0.3 is 14.4 Å². The number of cyclic esters (lactones) is 1. The van der Waals surface area contributed by atoms with Crippen molar-refractivity contribution in [1.82, 2.24) is 4.90 Å². The average molecular weight is 1030 g/mol. The zero-order valence-electron chi connectivity index (χ0n) is 40.1. The molecule has 2 saturated heterocycles. The number of nitrogens with zero attached hydrogens (tertiary/aromatic N) is 1. The van der Waals surface area contributed by atoms with Crippen LogP contribution in [-0.2, 0) is 19.1 Å². The fraction of sp³-hybridized carbons (Fsp3) is 0.804. The van der Waals surface area contributed by atoms with Crippen LogP contribution in [0.4, 0.5) is 0 Å². The van der Waals surface area contributed by atoms with Crippen molar-refractivity contribution in [2.45, 2.75) is 192 Å². The van der Waals surface area contributed by atoms with Gasteiger partial charge in [-0.25, -0.2) is 4.79 Å². The molecule has 3 rings (SSSR count). The molecular weight excluding hydrogens is 944 g/mol. The van der Waals surface area contributed by atoms with Crippen molar-refractivity contribution >= 4 is 49.1 Å². The van der Waals surface area contributed by atoms with Gasteiger partial charge in [-0.15, -0.1) is 0 Å². The number of amides is 1. The van der Waals surface area contributed by atoms with Crippen molar-refractivity contribution in [2.75, 3.05) is 6.54 Å². The summed E-state index contributed by atoms with van der Waals surface area (Å²) in [6.07, 6.45) is 20.8. The maximum absolute atomic E-state index is 14.7. The van der Waals surface area contributed by atoms with Gasteiger partial charge in [0.2, 0.25) is 5.91 Å². The molecule has 3 aliphatic rings. The summed E-state index contributed by atoms with van der Waals surface area (Å²) in [6, 6.07) is 0. The second kappa shape index (κ2) is 23.7. The molecule has 0 radical (unpaired) electrons. The van der Waals surface area contributed by atoms with E-state index >= 15 is 0 Å². The summed E-state index contributed by atoms with van der Waals surface area (Å²) < 4.78 is 13.6. The minimum atomic E-state index is -0.985. The van der Waals surface area contributed by atoms with Gasteiger partial charge in [0, 0.05) is 43.8 Å². The van der Waals surface area contributed by atoms with Gasteiger partial charge in [-0.05, 0) is 131 Å². The molecule has 3 heterocycles. The molecule has 7 heteroatoms. The number of rotatable bonds is 2. The van der Waals surface area contributed by atoms with Gasteiger partial charge in [0.15, 0.2) is 0 Å². The lowest BCUT2D eigenvalue weighted by atomic mass is 9.72. The van der Waals surface area contributed by atoms with Crippen LogP contribution in [0.1, 0.15) is 169 Å².